The lowest BCUT2D eigenvalue weighted by atomic mass is 10.1. The summed E-state index contributed by atoms with van der Waals surface area (Å²) in [5.41, 5.74) is 4.22. The van der Waals surface area contributed by atoms with Gasteiger partial charge in [-0.15, -0.1) is 23.5 Å². The molecule has 160 valence electrons. The van der Waals surface area contributed by atoms with Gasteiger partial charge in [-0.2, -0.15) is 0 Å². The first-order valence-electron chi connectivity index (χ1n) is 11.2. The van der Waals surface area contributed by atoms with Gasteiger partial charge in [0.1, 0.15) is 0 Å². The number of hydrogen-bond acceptors (Lipinski definition) is 4. The van der Waals surface area contributed by atoms with Crippen molar-refractivity contribution < 1.29 is 0 Å². The second-order valence-corrected chi connectivity index (χ2v) is 10.7. The van der Waals surface area contributed by atoms with Crippen molar-refractivity contribution in [1.82, 2.24) is 9.97 Å². The van der Waals surface area contributed by atoms with Gasteiger partial charge in [-0.1, -0.05) is 79.7 Å². The molecule has 2 aromatic heterocycles. The van der Waals surface area contributed by atoms with Crippen LogP contribution >= 0.6 is 23.5 Å². The molecule has 0 unspecified atom stereocenters. The first-order valence-corrected chi connectivity index (χ1v) is 13.0. The SMILES string of the molecule is CCC(Sc1c2ccccc2nc2ccccc12)Sc1c2ccccc2nc2ccccc12. The smallest absolute Gasteiger partial charge is 0.0721 e. The van der Waals surface area contributed by atoms with Crippen LogP contribution in [-0.2, 0) is 0 Å². The molecule has 0 N–H and O–H groups in total. The molecule has 6 rings (SSSR count). The van der Waals surface area contributed by atoms with Crippen molar-refractivity contribution in [2.75, 3.05) is 0 Å². The summed E-state index contributed by atoms with van der Waals surface area (Å²) in [4.78, 5) is 12.5. The highest BCUT2D eigenvalue weighted by Crippen LogP contribution is 2.45. The summed E-state index contributed by atoms with van der Waals surface area (Å²) in [6.45, 7) is 2.28. The van der Waals surface area contributed by atoms with Crippen LogP contribution in [0.4, 0.5) is 0 Å². The number of benzene rings is 4. The highest BCUT2D eigenvalue weighted by molar-refractivity contribution is 8.17. The van der Waals surface area contributed by atoms with Gasteiger partial charge in [0.15, 0.2) is 0 Å². The first-order chi connectivity index (χ1) is 16.3. The van der Waals surface area contributed by atoms with Gasteiger partial charge in [-0.3, -0.25) is 0 Å². The van der Waals surface area contributed by atoms with Crippen LogP contribution < -0.4 is 0 Å². The molecule has 0 saturated heterocycles. The van der Waals surface area contributed by atoms with Gasteiger partial charge in [0.2, 0.25) is 0 Å². The standard InChI is InChI=1S/C29H22N2S2/c1-2-27(32-28-19-11-3-7-15-23(19)30-24-16-8-4-12-20(24)28)33-29-21-13-5-9-17-25(21)31-26-18-10-6-14-22(26)29/h3-18,27H,2H2,1H3. The van der Waals surface area contributed by atoms with E-state index >= 15 is 0 Å². The Morgan fingerprint density at radius 1 is 0.515 bits per heavy atom. The minimum atomic E-state index is 0.355. The third-order valence-corrected chi connectivity index (χ3v) is 9.03. The third-order valence-electron chi connectivity index (χ3n) is 5.91. The second-order valence-electron chi connectivity index (χ2n) is 8.02. The number of nitrogens with zero attached hydrogens (tertiary/aromatic N) is 2. The number of aromatic nitrogens is 2. The fourth-order valence-corrected chi connectivity index (χ4v) is 7.14. The summed E-state index contributed by atoms with van der Waals surface area (Å²) in [6, 6.07) is 34.0. The van der Waals surface area contributed by atoms with Gasteiger partial charge in [-0.25, -0.2) is 9.97 Å². The van der Waals surface area contributed by atoms with Crippen LogP contribution in [-0.4, -0.2) is 14.5 Å². The quantitative estimate of drug-likeness (QED) is 0.145. The van der Waals surface area contributed by atoms with Crippen LogP contribution in [0.3, 0.4) is 0 Å². The molecule has 0 amide bonds. The number of fused-ring (bicyclic) bond motifs is 4. The lowest BCUT2D eigenvalue weighted by Crippen LogP contribution is -1.98. The molecule has 2 nitrogen and oxygen atoms in total. The van der Waals surface area contributed by atoms with E-state index in [1.54, 1.807) is 0 Å². The van der Waals surface area contributed by atoms with Gasteiger partial charge in [0, 0.05) is 31.3 Å². The molecule has 0 fully saturated rings. The van der Waals surface area contributed by atoms with E-state index in [0.29, 0.717) is 4.58 Å². The topological polar surface area (TPSA) is 25.8 Å². The van der Waals surface area contributed by atoms with Gasteiger partial charge >= 0.3 is 0 Å². The van der Waals surface area contributed by atoms with Crippen molar-refractivity contribution in [3.63, 3.8) is 0 Å². The molecule has 0 atom stereocenters. The van der Waals surface area contributed by atoms with E-state index in [2.05, 4.69) is 104 Å². The molecular formula is C29H22N2S2. The van der Waals surface area contributed by atoms with Crippen molar-refractivity contribution >= 4 is 67.1 Å². The predicted molar refractivity (Wildman–Crippen MR) is 144 cm³/mol. The van der Waals surface area contributed by atoms with Crippen molar-refractivity contribution in [1.29, 1.82) is 0 Å². The van der Waals surface area contributed by atoms with Gasteiger partial charge in [0.25, 0.3) is 0 Å². The molecule has 6 aromatic rings. The van der Waals surface area contributed by atoms with Crippen molar-refractivity contribution in [2.24, 2.45) is 0 Å². The zero-order valence-corrected chi connectivity index (χ0v) is 19.9. The Morgan fingerprint density at radius 3 is 1.12 bits per heavy atom. The molecule has 33 heavy (non-hydrogen) atoms. The third kappa shape index (κ3) is 3.73. The summed E-state index contributed by atoms with van der Waals surface area (Å²) >= 11 is 3.92. The maximum absolute atomic E-state index is 4.91. The Labute approximate surface area is 201 Å². The maximum atomic E-state index is 4.91. The van der Waals surface area contributed by atoms with Crippen LogP contribution in [0, 0.1) is 0 Å². The summed E-state index contributed by atoms with van der Waals surface area (Å²) in [7, 11) is 0. The zero-order chi connectivity index (χ0) is 22.2. The number of thioether (sulfide) groups is 2. The van der Waals surface area contributed by atoms with Crippen LogP contribution in [0.5, 0.6) is 0 Å². The van der Waals surface area contributed by atoms with E-state index in [1.165, 1.54) is 31.3 Å². The van der Waals surface area contributed by atoms with E-state index < -0.39 is 0 Å². The lowest BCUT2D eigenvalue weighted by molar-refractivity contribution is 1.06. The number of hydrogen-bond donors (Lipinski definition) is 0. The number of pyridine rings is 2. The average molecular weight is 463 g/mol. The fraction of sp³-hybridized carbons (Fsp3) is 0.103. The molecule has 0 spiro atoms. The maximum Gasteiger partial charge on any atom is 0.0721 e. The second kappa shape index (κ2) is 8.69. The van der Waals surface area contributed by atoms with Crippen molar-refractivity contribution in [2.45, 2.75) is 27.7 Å². The molecule has 0 radical (unpaired) electrons. The largest absolute Gasteiger partial charge is 0.248 e. The van der Waals surface area contributed by atoms with E-state index in [-0.39, 0.29) is 0 Å². The number of para-hydroxylation sites is 4. The van der Waals surface area contributed by atoms with Crippen LogP contribution in [0.15, 0.2) is 107 Å². The highest BCUT2D eigenvalue weighted by Gasteiger charge is 2.19. The minimum Gasteiger partial charge on any atom is -0.248 e. The van der Waals surface area contributed by atoms with Gasteiger partial charge < -0.3 is 0 Å². The van der Waals surface area contributed by atoms with Crippen molar-refractivity contribution in [3.8, 4) is 0 Å². The Balaban J connectivity index is 1.49. The Hall–Kier alpha value is -3.08. The summed E-state index contributed by atoms with van der Waals surface area (Å²) in [5.74, 6) is 0. The van der Waals surface area contributed by atoms with E-state index in [9.17, 15) is 0 Å². The Bertz CT molecular complexity index is 1400. The minimum absolute atomic E-state index is 0.355. The summed E-state index contributed by atoms with van der Waals surface area (Å²) in [5, 5.41) is 4.91. The number of rotatable bonds is 5. The van der Waals surface area contributed by atoms with Gasteiger partial charge in [-0.05, 0) is 30.7 Å². The molecule has 0 aliphatic carbocycles. The van der Waals surface area contributed by atoms with Gasteiger partial charge in [0.05, 0.1) is 26.6 Å². The molecule has 0 bridgehead atoms. The van der Waals surface area contributed by atoms with E-state index in [0.717, 1.165) is 28.5 Å². The van der Waals surface area contributed by atoms with Crippen LogP contribution in [0.1, 0.15) is 13.3 Å². The van der Waals surface area contributed by atoms with E-state index in [1.807, 2.05) is 23.5 Å². The van der Waals surface area contributed by atoms with Crippen molar-refractivity contribution in [3.05, 3.63) is 97.1 Å². The summed E-state index contributed by atoms with van der Waals surface area (Å²) in [6.07, 6.45) is 1.05. The van der Waals surface area contributed by atoms with Crippen LogP contribution in [0.2, 0.25) is 0 Å². The molecule has 4 heteroatoms. The average Bonchev–Trinajstić information content (AvgIpc) is 2.87. The normalized spacial score (nSPS) is 11.8. The molecule has 0 saturated carbocycles. The Morgan fingerprint density at radius 2 is 0.818 bits per heavy atom. The highest BCUT2D eigenvalue weighted by atomic mass is 32.2. The Kier molecular flexibility index (Phi) is 5.41. The molecule has 0 aliphatic heterocycles. The first kappa shape index (κ1) is 20.5. The fourth-order valence-electron chi connectivity index (χ4n) is 4.31. The zero-order valence-electron chi connectivity index (χ0n) is 18.2. The molecule has 4 aromatic carbocycles. The molecule has 2 heterocycles. The molecule has 0 aliphatic rings. The lowest BCUT2D eigenvalue weighted by Gasteiger charge is -2.19. The van der Waals surface area contributed by atoms with Crippen LogP contribution in [0.25, 0.3) is 43.6 Å². The summed E-state index contributed by atoms with van der Waals surface area (Å²) < 4.78 is 0.355. The predicted octanol–water partition coefficient (Wildman–Crippen LogP) is 8.71. The van der Waals surface area contributed by atoms with E-state index in [4.69, 9.17) is 9.97 Å². The molecular weight excluding hydrogens is 440 g/mol. The monoisotopic (exact) mass is 462 g/mol.